The van der Waals surface area contributed by atoms with E-state index < -0.39 is 29.3 Å². The van der Waals surface area contributed by atoms with E-state index in [1.54, 1.807) is 30.3 Å². The number of carbonyl (C=O) groups is 2. The van der Waals surface area contributed by atoms with Gasteiger partial charge in [0, 0.05) is 28.1 Å². The first-order valence-corrected chi connectivity index (χ1v) is 12.9. The highest BCUT2D eigenvalue weighted by Gasteiger charge is 2.37. The normalized spacial score (nSPS) is 16.2. The minimum atomic E-state index is -0.642. The van der Waals surface area contributed by atoms with E-state index in [4.69, 9.17) is 42.4 Å². The van der Waals surface area contributed by atoms with Crippen molar-refractivity contribution in [1.29, 1.82) is 0 Å². The maximum absolute atomic E-state index is 12.7. The van der Waals surface area contributed by atoms with Crippen LogP contribution in [0.2, 0.25) is 10.0 Å². The van der Waals surface area contributed by atoms with Crippen molar-refractivity contribution in [1.82, 2.24) is 10.3 Å². The molecule has 0 saturated heterocycles. The average molecular weight is 557 g/mol. The van der Waals surface area contributed by atoms with Crippen molar-refractivity contribution in [2.75, 3.05) is 7.11 Å². The molecule has 38 heavy (non-hydrogen) atoms. The lowest BCUT2D eigenvalue weighted by atomic mass is 9.88. The van der Waals surface area contributed by atoms with Crippen molar-refractivity contribution in [3.05, 3.63) is 69.7 Å². The number of benzene rings is 2. The summed E-state index contributed by atoms with van der Waals surface area (Å²) in [6, 6.07) is 13.8. The SMILES string of the molecule is COC(=O)c1ccc(-c2nc3c(cc2-c2ccc(Cl)cc2)C(NC(=O)OC(C)(C)C)CC(C)(C)O3)c(Cl)c1. The van der Waals surface area contributed by atoms with Gasteiger partial charge in [-0.15, -0.1) is 0 Å². The summed E-state index contributed by atoms with van der Waals surface area (Å²) in [5, 5.41) is 3.91. The molecule has 7 nitrogen and oxygen atoms in total. The van der Waals surface area contributed by atoms with Crippen LogP contribution >= 0.6 is 23.2 Å². The number of rotatable bonds is 4. The predicted octanol–water partition coefficient (Wildman–Crippen LogP) is 7.64. The van der Waals surface area contributed by atoms with Crippen LogP contribution in [0.15, 0.2) is 48.5 Å². The highest BCUT2D eigenvalue weighted by molar-refractivity contribution is 6.33. The molecule has 1 N–H and O–H groups in total. The fourth-order valence-corrected chi connectivity index (χ4v) is 4.73. The van der Waals surface area contributed by atoms with Gasteiger partial charge in [0.1, 0.15) is 11.2 Å². The highest BCUT2D eigenvalue weighted by Crippen LogP contribution is 2.44. The van der Waals surface area contributed by atoms with Crippen molar-refractivity contribution >= 4 is 35.3 Å². The fourth-order valence-electron chi connectivity index (χ4n) is 4.33. The monoisotopic (exact) mass is 556 g/mol. The fraction of sp³-hybridized carbons (Fsp3) is 0.345. The molecule has 2 aromatic carbocycles. The number of ether oxygens (including phenoxy) is 3. The zero-order valence-corrected chi connectivity index (χ0v) is 23.7. The molecule has 1 aliphatic heterocycles. The number of amides is 1. The third kappa shape index (κ3) is 6.22. The first-order chi connectivity index (χ1) is 17.8. The Hall–Kier alpha value is -3.29. The van der Waals surface area contributed by atoms with Gasteiger partial charge in [0.2, 0.25) is 5.88 Å². The maximum atomic E-state index is 12.7. The van der Waals surface area contributed by atoms with Crippen LogP contribution in [0.1, 0.15) is 63.0 Å². The second-order valence-corrected chi connectivity index (χ2v) is 11.6. The van der Waals surface area contributed by atoms with Crippen molar-refractivity contribution < 1.29 is 23.8 Å². The molecule has 2 heterocycles. The molecule has 0 aliphatic carbocycles. The molecular formula is C29H30Cl2N2O5. The summed E-state index contributed by atoms with van der Waals surface area (Å²) >= 11 is 12.8. The van der Waals surface area contributed by atoms with Gasteiger partial charge in [0.05, 0.1) is 29.4 Å². The van der Waals surface area contributed by atoms with E-state index in [9.17, 15) is 9.59 Å². The Morgan fingerprint density at radius 2 is 1.74 bits per heavy atom. The molecule has 0 fully saturated rings. The van der Waals surface area contributed by atoms with Gasteiger partial charge in [-0.3, -0.25) is 0 Å². The summed E-state index contributed by atoms with van der Waals surface area (Å²) in [6.45, 7) is 9.32. The Kier molecular flexibility index (Phi) is 7.64. The second kappa shape index (κ2) is 10.5. The predicted molar refractivity (Wildman–Crippen MR) is 148 cm³/mol. The van der Waals surface area contributed by atoms with E-state index in [0.29, 0.717) is 44.7 Å². The van der Waals surface area contributed by atoms with Crippen molar-refractivity contribution in [3.8, 4) is 28.3 Å². The van der Waals surface area contributed by atoms with Crippen LogP contribution in [0.3, 0.4) is 0 Å². The summed E-state index contributed by atoms with van der Waals surface area (Å²) in [7, 11) is 1.31. The standard InChI is InChI=1S/C29H30Cl2N2O5/c1-28(2,3)38-27(35)32-23-15-29(4,5)37-25-21(23)14-20(16-7-10-18(30)11-8-16)24(33-25)19-12-9-17(13-22(19)31)26(34)36-6/h7-14,23H,15H2,1-6H3,(H,32,35). The molecule has 0 spiro atoms. The van der Waals surface area contributed by atoms with Gasteiger partial charge in [-0.2, -0.15) is 0 Å². The number of nitrogens with one attached hydrogen (secondary N) is 1. The number of nitrogens with zero attached hydrogens (tertiary/aromatic N) is 1. The van der Waals surface area contributed by atoms with Gasteiger partial charge in [0.15, 0.2) is 0 Å². The number of methoxy groups -OCH3 is 1. The largest absolute Gasteiger partial charge is 0.471 e. The zero-order chi connectivity index (χ0) is 27.8. The quantitative estimate of drug-likeness (QED) is 0.332. The molecule has 9 heteroatoms. The van der Waals surface area contributed by atoms with Crippen LogP contribution in [-0.2, 0) is 9.47 Å². The van der Waals surface area contributed by atoms with E-state index in [1.807, 2.05) is 52.8 Å². The summed E-state index contributed by atoms with van der Waals surface area (Å²) < 4.78 is 16.6. The van der Waals surface area contributed by atoms with Gasteiger partial charge in [0.25, 0.3) is 0 Å². The zero-order valence-electron chi connectivity index (χ0n) is 22.1. The van der Waals surface area contributed by atoms with Crippen LogP contribution in [0, 0.1) is 0 Å². The Morgan fingerprint density at radius 1 is 1.05 bits per heavy atom. The molecule has 200 valence electrons. The number of halogens is 2. The van der Waals surface area contributed by atoms with E-state index in [-0.39, 0.29) is 0 Å². The Morgan fingerprint density at radius 3 is 2.34 bits per heavy atom. The molecule has 1 unspecified atom stereocenters. The van der Waals surface area contributed by atoms with Crippen molar-refractivity contribution in [2.24, 2.45) is 0 Å². The summed E-state index contributed by atoms with van der Waals surface area (Å²) in [5.74, 6) is -0.112. The lowest BCUT2D eigenvalue weighted by molar-refractivity contribution is 0.0366. The number of aromatic nitrogens is 1. The van der Waals surface area contributed by atoms with Crippen molar-refractivity contribution in [2.45, 2.75) is 58.3 Å². The molecule has 0 radical (unpaired) electrons. The molecule has 1 aliphatic rings. The third-order valence-electron chi connectivity index (χ3n) is 5.95. The van der Waals surface area contributed by atoms with Gasteiger partial charge < -0.3 is 19.5 Å². The minimum absolute atomic E-state index is 0.325. The number of esters is 1. The number of hydrogen-bond donors (Lipinski definition) is 1. The van der Waals surface area contributed by atoms with Crippen LogP contribution in [0.5, 0.6) is 5.88 Å². The third-order valence-corrected chi connectivity index (χ3v) is 6.52. The van der Waals surface area contributed by atoms with E-state index in [1.165, 1.54) is 7.11 Å². The number of fused-ring (bicyclic) bond motifs is 1. The summed E-state index contributed by atoms with van der Waals surface area (Å²) in [4.78, 5) is 29.7. The van der Waals surface area contributed by atoms with Gasteiger partial charge in [-0.1, -0.05) is 41.4 Å². The van der Waals surface area contributed by atoms with Crippen LogP contribution < -0.4 is 10.1 Å². The minimum Gasteiger partial charge on any atom is -0.471 e. The molecule has 0 saturated carbocycles. The highest BCUT2D eigenvalue weighted by atomic mass is 35.5. The first kappa shape index (κ1) is 27.7. The smallest absolute Gasteiger partial charge is 0.408 e. The number of hydrogen-bond acceptors (Lipinski definition) is 6. The number of pyridine rings is 1. The van der Waals surface area contributed by atoms with Crippen molar-refractivity contribution in [3.63, 3.8) is 0 Å². The molecule has 3 aromatic rings. The molecular weight excluding hydrogens is 527 g/mol. The lowest BCUT2D eigenvalue weighted by Gasteiger charge is -2.37. The van der Waals surface area contributed by atoms with Crippen LogP contribution in [0.25, 0.3) is 22.4 Å². The lowest BCUT2D eigenvalue weighted by Crippen LogP contribution is -2.43. The van der Waals surface area contributed by atoms with E-state index in [0.717, 1.165) is 11.1 Å². The first-order valence-electron chi connectivity index (χ1n) is 12.1. The van der Waals surface area contributed by atoms with Crippen LogP contribution in [0.4, 0.5) is 4.79 Å². The maximum Gasteiger partial charge on any atom is 0.408 e. The van der Waals surface area contributed by atoms with E-state index in [2.05, 4.69) is 5.32 Å². The molecule has 0 bridgehead atoms. The molecule has 4 rings (SSSR count). The van der Waals surface area contributed by atoms with Crippen LogP contribution in [-0.4, -0.2) is 35.4 Å². The molecule has 1 atom stereocenters. The topological polar surface area (TPSA) is 86.8 Å². The molecule has 1 aromatic heterocycles. The van der Waals surface area contributed by atoms with Gasteiger partial charge in [-0.05, 0) is 70.5 Å². The summed E-state index contributed by atoms with van der Waals surface area (Å²) in [5.41, 5.74) is 2.55. The Bertz CT molecular complexity index is 1380. The molecule has 1 amide bonds. The van der Waals surface area contributed by atoms with Gasteiger partial charge in [-0.25, -0.2) is 14.6 Å². The number of carbonyl (C=O) groups excluding carboxylic acids is 2. The Balaban J connectivity index is 1.88. The summed E-state index contributed by atoms with van der Waals surface area (Å²) in [6.07, 6.45) is -0.0146. The number of alkyl carbamates (subject to hydrolysis) is 1. The Labute approximate surface area is 232 Å². The van der Waals surface area contributed by atoms with Gasteiger partial charge >= 0.3 is 12.1 Å². The average Bonchev–Trinajstić information content (AvgIpc) is 2.81. The van der Waals surface area contributed by atoms with E-state index >= 15 is 0 Å². The second-order valence-electron chi connectivity index (χ2n) is 10.7.